The Balaban J connectivity index is 2.29. The van der Waals surface area contributed by atoms with Crippen LogP contribution < -0.4 is 5.32 Å². The van der Waals surface area contributed by atoms with Gasteiger partial charge in [0.1, 0.15) is 0 Å². The molecular formula is C17H21NS. The molecule has 1 atom stereocenters. The van der Waals surface area contributed by atoms with Crippen molar-refractivity contribution < 1.29 is 0 Å². The molecule has 1 unspecified atom stereocenters. The van der Waals surface area contributed by atoms with Crippen LogP contribution in [0.4, 0.5) is 0 Å². The molecule has 100 valence electrons. The van der Waals surface area contributed by atoms with Crippen LogP contribution in [0.5, 0.6) is 0 Å². The fourth-order valence-electron chi connectivity index (χ4n) is 2.34. The monoisotopic (exact) mass is 271 g/mol. The zero-order valence-electron chi connectivity index (χ0n) is 11.8. The maximum absolute atomic E-state index is 3.42. The number of nitrogens with one attached hydrogen (secondary N) is 1. The topological polar surface area (TPSA) is 12.0 Å². The minimum absolute atomic E-state index is 0.266. The van der Waals surface area contributed by atoms with Crippen molar-refractivity contribution in [3.05, 3.63) is 65.2 Å². The summed E-state index contributed by atoms with van der Waals surface area (Å²) >= 11 is 1.88. The summed E-state index contributed by atoms with van der Waals surface area (Å²) in [6.07, 6.45) is 0. The summed E-state index contributed by atoms with van der Waals surface area (Å²) in [4.78, 5) is 1.34. The standard InChI is InChI=1S/C17H21NS/c1-4-19-15-11-9-14(10-12-15)17(18-3)16-8-6-5-7-13(16)2/h5-12,17-18H,4H2,1-3H3. The molecule has 0 saturated carbocycles. The van der Waals surface area contributed by atoms with Gasteiger partial charge in [-0.15, -0.1) is 11.8 Å². The molecule has 2 heteroatoms. The van der Waals surface area contributed by atoms with Crippen LogP contribution in [0, 0.1) is 6.92 Å². The van der Waals surface area contributed by atoms with E-state index in [1.807, 2.05) is 18.8 Å². The molecule has 1 nitrogen and oxygen atoms in total. The lowest BCUT2D eigenvalue weighted by molar-refractivity contribution is 0.687. The van der Waals surface area contributed by atoms with Gasteiger partial charge in [0.05, 0.1) is 6.04 Å². The molecule has 0 heterocycles. The van der Waals surface area contributed by atoms with Crippen LogP contribution in [-0.2, 0) is 0 Å². The molecule has 2 aromatic carbocycles. The Morgan fingerprint density at radius 3 is 2.32 bits per heavy atom. The van der Waals surface area contributed by atoms with E-state index in [1.165, 1.54) is 21.6 Å². The van der Waals surface area contributed by atoms with Gasteiger partial charge in [-0.2, -0.15) is 0 Å². The fraction of sp³-hybridized carbons (Fsp3) is 0.294. The Morgan fingerprint density at radius 1 is 1.05 bits per heavy atom. The van der Waals surface area contributed by atoms with Gasteiger partial charge in [-0.05, 0) is 48.5 Å². The summed E-state index contributed by atoms with van der Waals surface area (Å²) in [5, 5.41) is 3.42. The lowest BCUT2D eigenvalue weighted by Gasteiger charge is -2.19. The number of aryl methyl sites for hydroxylation is 1. The predicted octanol–water partition coefficient (Wildman–Crippen LogP) is 4.42. The van der Waals surface area contributed by atoms with Crippen LogP contribution in [0.3, 0.4) is 0 Å². The van der Waals surface area contributed by atoms with Gasteiger partial charge in [-0.3, -0.25) is 0 Å². The van der Waals surface area contributed by atoms with Crippen LogP contribution in [0.2, 0.25) is 0 Å². The zero-order valence-corrected chi connectivity index (χ0v) is 12.6. The summed E-state index contributed by atoms with van der Waals surface area (Å²) in [6, 6.07) is 17.7. The Labute approximate surface area is 120 Å². The van der Waals surface area contributed by atoms with Gasteiger partial charge < -0.3 is 5.32 Å². The molecule has 0 aliphatic heterocycles. The second-order valence-electron chi connectivity index (χ2n) is 4.58. The van der Waals surface area contributed by atoms with E-state index in [1.54, 1.807) is 0 Å². The smallest absolute Gasteiger partial charge is 0.0576 e. The van der Waals surface area contributed by atoms with Crippen molar-refractivity contribution in [2.45, 2.75) is 24.8 Å². The van der Waals surface area contributed by atoms with Crippen LogP contribution in [-0.4, -0.2) is 12.8 Å². The lowest BCUT2D eigenvalue weighted by Crippen LogP contribution is -2.18. The van der Waals surface area contributed by atoms with Crippen molar-refractivity contribution in [3.63, 3.8) is 0 Å². The third kappa shape index (κ3) is 3.40. The van der Waals surface area contributed by atoms with Crippen LogP contribution in [0.1, 0.15) is 29.7 Å². The first-order valence-electron chi connectivity index (χ1n) is 6.71. The second kappa shape index (κ2) is 6.78. The lowest BCUT2D eigenvalue weighted by atomic mass is 9.95. The highest BCUT2D eigenvalue weighted by molar-refractivity contribution is 7.99. The van der Waals surface area contributed by atoms with Crippen LogP contribution in [0.15, 0.2) is 53.4 Å². The molecule has 0 radical (unpaired) electrons. The number of rotatable bonds is 5. The molecule has 0 aliphatic rings. The van der Waals surface area contributed by atoms with E-state index in [0.29, 0.717) is 0 Å². The highest BCUT2D eigenvalue weighted by atomic mass is 32.2. The Hall–Kier alpha value is -1.25. The van der Waals surface area contributed by atoms with Crippen molar-refractivity contribution in [1.29, 1.82) is 0 Å². The molecule has 0 saturated heterocycles. The summed E-state index contributed by atoms with van der Waals surface area (Å²) in [5.41, 5.74) is 3.99. The third-order valence-corrected chi connectivity index (χ3v) is 4.21. The molecule has 0 aromatic heterocycles. The minimum atomic E-state index is 0.266. The average Bonchev–Trinajstić information content (AvgIpc) is 2.44. The number of hydrogen-bond acceptors (Lipinski definition) is 2. The van der Waals surface area contributed by atoms with Crippen molar-refractivity contribution in [2.24, 2.45) is 0 Å². The molecule has 0 aliphatic carbocycles. The second-order valence-corrected chi connectivity index (χ2v) is 5.92. The number of benzene rings is 2. The molecule has 0 fully saturated rings. The van der Waals surface area contributed by atoms with Crippen molar-refractivity contribution >= 4 is 11.8 Å². The number of hydrogen-bond donors (Lipinski definition) is 1. The normalized spacial score (nSPS) is 12.4. The van der Waals surface area contributed by atoms with E-state index >= 15 is 0 Å². The van der Waals surface area contributed by atoms with Gasteiger partial charge in [0, 0.05) is 4.90 Å². The Bertz CT molecular complexity index is 519. The molecular weight excluding hydrogens is 250 g/mol. The van der Waals surface area contributed by atoms with E-state index in [4.69, 9.17) is 0 Å². The highest BCUT2D eigenvalue weighted by Gasteiger charge is 2.13. The zero-order chi connectivity index (χ0) is 13.7. The van der Waals surface area contributed by atoms with Crippen molar-refractivity contribution in [3.8, 4) is 0 Å². The van der Waals surface area contributed by atoms with Gasteiger partial charge in [-0.1, -0.05) is 43.3 Å². The Kier molecular flexibility index (Phi) is 5.06. The third-order valence-electron chi connectivity index (χ3n) is 3.31. The minimum Gasteiger partial charge on any atom is -0.309 e. The molecule has 19 heavy (non-hydrogen) atoms. The van der Waals surface area contributed by atoms with E-state index < -0.39 is 0 Å². The molecule has 0 bridgehead atoms. The molecule has 2 rings (SSSR count). The quantitative estimate of drug-likeness (QED) is 0.808. The van der Waals surface area contributed by atoms with Gasteiger partial charge >= 0.3 is 0 Å². The number of thioether (sulfide) groups is 1. The van der Waals surface area contributed by atoms with Crippen molar-refractivity contribution in [1.82, 2.24) is 5.32 Å². The van der Waals surface area contributed by atoms with E-state index in [2.05, 4.69) is 67.7 Å². The van der Waals surface area contributed by atoms with Gasteiger partial charge in [-0.25, -0.2) is 0 Å². The van der Waals surface area contributed by atoms with E-state index in [0.717, 1.165) is 5.75 Å². The van der Waals surface area contributed by atoms with E-state index in [-0.39, 0.29) is 6.04 Å². The first-order valence-corrected chi connectivity index (χ1v) is 7.70. The van der Waals surface area contributed by atoms with Gasteiger partial charge in [0.2, 0.25) is 0 Å². The largest absolute Gasteiger partial charge is 0.309 e. The molecule has 2 aromatic rings. The first-order chi connectivity index (χ1) is 9.26. The first kappa shape index (κ1) is 14.2. The summed E-state index contributed by atoms with van der Waals surface area (Å²) in [5.74, 6) is 1.12. The van der Waals surface area contributed by atoms with Gasteiger partial charge in [0.25, 0.3) is 0 Å². The fourth-order valence-corrected chi connectivity index (χ4v) is 3.00. The molecule has 1 N–H and O–H groups in total. The molecule has 0 spiro atoms. The van der Waals surface area contributed by atoms with E-state index in [9.17, 15) is 0 Å². The molecule has 0 amide bonds. The van der Waals surface area contributed by atoms with Crippen molar-refractivity contribution in [2.75, 3.05) is 12.8 Å². The average molecular weight is 271 g/mol. The summed E-state index contributed by atoms with van der Waals surface area (Å²) in [7, 11) is 2.02. The van der Waals surface area contributed by atoms with Crippen LogP contribution in [0.25, 0.3) is 0 Å². The Morgan fingerprint density at radius 2 is 1.74 bits per heavy atom. The summed E-state index contributed by atoms with van der Waals surface area (Å²) < 4.78 is 0. The highest BCUT2D eigenvalue weighted by Crippen LogP contribution is 2.26. The maximum atomic E-state index is 3.42. The summed E-state index contributed by atoms with van der Waals surface area (Å²) in [6.45, 7) is 4.35. The van der Waals surface area contributed by atoms with Crippen LogP contribution >= 0.6 is 11.8 Å². The van der Waals surface area contributed by atoms with Gasteiger partial charge in [0.15, 0.2) is 0 Å². The predicted molar refractivity (Wildman–Crippen MR) is 84.9 cm³/mol. The maximum Gasteiger partial charge on any atom is 0.0576 e. The SMILES string of the molecule is CCSc1ccc(C(NC)c2ccccc2C)cc1.